The zero-order valence-corrected chi connectivity index (χ0v) is 9.59. The lowest BCUT2D eigenvalue weighted by Gasteiger charge is -2.19. The molecule has 3 nitrogen and oxygen atoms in total. The van der Waals surface area contributed by atoms with Crippen molar-refractivity contribution in [3.8, 4) is 5.75 Å². The van der Waals surface area contributed by atoms with E-state index < -0.39 is 0 Å². The molecule has 2 aromatic rings. The number of nitrogens with one attached hydrogen (secondary N) is 1. The monoisotopic (exact) mass is 237 g/mol. The number of carbonyl (C=O) groups excluding carboxylic acids is 1. The smallest absolute Gasteiger partial charge is 0.360 e. The van der Waals surface area contributed by atoms with Gasteiger partial charge in [0.1, 0.15) is 5.70 Å². The Morgan fingerprint density at radius 2 is 1.67 bits per heavy atom. The van der Waals surface area contributed by atoms with E-state index in [4.69, 9.17) is 4.74 Å². The lowest BCUT2D eigenvalue weighted by atomic mass is 10.1. The van der Waals surface area contributed by atoms with Crippen LogP contribution in [0.3, 0.4) is 0 Å². The van der Waals surface area contributed by atoms with Gasteiger partial charge < -0.3 is 10.1 Å². The minimum absolute atomic E-state index is 0.363. The fourth-order valence-corrected chi connectivity index (χ4v) is 1.82. The van der Waals surface area contributed by atoms with Gasteiger partial charge in [0.15, 0.2) is 5.75 Å². The standard InChI is InChI=1S/C15H11NO2/c17-15-13(10-11-6-2-1-3-7-11)16-12-8-4-5-9-14(12)18-15/h1-10,16H. The number of hydrogen-bond acceptors (Lipinski definition) is 3. The summed E-state index contributed by atoms with van der Waals surface area (Å²) in [5, 5.41) is 3.08. The van der Waals surface area contributed by atoms with Gasteiger partial charge in [-0.25, -0.2) is 4.79 Å². The molecule has 88 valence electrons. The van der Waals surface area contributed by atoms with Crippen molar-refractivity contribution in [1.29, 1.82) is 0 Å². The second-order valence-electron chi connectivity index (χ2n) is 3.98. The van der Waals surface area contributed by atoms with Gasteiger partial charge in [-0.2, -0.15) is 0 Å². The van der Waals surface area contributed by atoms with Gasteiger partial charge in [-0.05, 0) is 23.8 Å². The Hall–Kier alpha value is -2.55. The molecule has 3 heteroatoms. The number of benzene rings is 2. The fourth-order valence-electron chi connectivity index (χ4n) is 1.82. The van der Waals surface area contributed by atoms with Gasteiger partial charge >= 0.3 is 5.97 Å². The van der Waals surface area contributed by atoms with Crippen molar-refractivity contribution in [3.05, 3.63) is 65.9 Å². The third-order valence-electron chi connectivity index (χ3n) is 2.69. The summed E-state index contributed by atoms with van der Waals surface area (Å²) in [6.45, 7) is 0. The summed E-state index contributed by atoms with van der Waals surface area (Å²) >= 11 is 0. The molecule has 2 aromatic carbocycles. The van der Waals surface area contributed by atoms with Gasteiger partial charge in [0.2, 0.25) is 0 Å². The van der Waals surface area contributed by atoms with Crippen LogP contribution in [0.5, 0.6) is 5.75 Å². The highest BCUT2D eigenvalue weighted by Crippen LogP contribution is 2.30. The zero-order valence-electron chi connectivity index (χ0n) is 9.59. The number of anilines is 1. The lowest BCUT2D eigenvalue weighted by Crippen LogP contribution is -2.22. The number of fused-ring (bicyclic) bond motifs is 1. The molecule has 0 aliphatic carbocycles. The third kappa shape index (κ3) is 1.98. The van der Waals surface area contributed by atoms with Crippen molar-refractivity contribution < 1.29 is 9.53 Å². The number of para-hydroxylation sites is 2. The predicted molar refractivity (Wildman–Crippen MR) is 70.1 cm³/mol. The van der Waals surface area contributed by atoms with Crippen molar-refractivity contribution in [2.45, 2.75) is 0 Å². The van der Waals surface area contributed by atoms with Crippen LogP contribution in [-0.4, -0.2) is 5.97 Å². The maximum atomic E-state index is 11.8. The zero-order chi connectivity index (χ0) is 12.4. The molecule has 1 N–H and O–H groups in total. The van der Waals surface area contributed by atoms with Gasteiger partial charge in [-0.15, -0.1) is 0 Å². The van der Waals surface area contributed by atoms with Crippen molar-refractivity contribution >= 4 is 17.7 Å². The average molecular weight is 237 g/mol. The van der Waals surface area contributed by atoms with E-state index in [1.807, 2.05) is 48.5 Å². The molecule has 0 aromatic heterocycles. The molecule has 3 rings (SSSR count). The maximum Gasteiger partial charge on any atom is 0.360 e. The first kappa shape index (κ1) is 10.6. The molecule has 0 atom stereocenters. The summed E-state index contributed by atoms with van der Waals surface area (Å²) < 4.78 is 5.25. The highest BCUT2D eigenvalue weighted by Gasteiger charge is 2.21. The Kier molecular flexibility index (Phi) is 2.57. The highest BCUT2D eigenvalue weighted by molar-refractivity contribution is 6.01. The van der Waals surface area contributed by atoms with E-state index in [0.29, 0.717) is 11.4 Å². The van der Waals surface area contributed by atoms with E-state index in [-0.39, 0.29) is 5.97 Å². The Labute approximate surface area is 105 Å². The summed E-state index contributed by atoms with van der Waals surface area (Å²) in [7, 11) is 0. The van der Waals surface area contributed by atoms with Gasteiger partial charge in [0, 0.05) is 0 Å². The van der Waals surface area contributed by atoms with Crippen LogP contribution in [0.1, 0.15) is 5.56 Å². The van der Waals surface area contributed by atoms with Crippen LogP contribution in [0.4, 0.5) is 5.69 Å². The molecule has 18 heavy (non-hydrogen) atoms. The van der Waals surface area contributed by atoms with E-state index >= 15 is 0 Å². The SMILES string of the molecule is O=C1Oc2ccccc2NC1=Cc1ccccc1. The molecular formula is C15H11NO2. The summed E-state index contributed by atoms with van der Waals surface area (Å²) in [6.07, 6.45) is 1.78. The number of carbonyl (C=O) groups is 1. The lowest BCUT2D eigenvalue weighted by molar-refractivity contribution is -0.130. The Bertz CT molecular complexity index is 617. The molecule has 0 unspecified atom stereocenters. The third-order valence-corrected chi connectivity index (χ3v) is 2.69. The van der Waals surface area contributed by atoms with Gasteiger partial charge in [-0.3, -0.25) is 0 Å². The maximum absolute atomic E-state index is 11.8. The van der Waals surface area contributed by atoms with E-state index in [1.54, 1.807) is 12.1 Å². The first-order valence-corrected chi connectivity index (χ1v) is 5.68. The first-order valence-electron chi connectivity index (χ1n) is 5.68. The normalized spacial score (nSPS) is 15.8. The predicted octanol–water partition coefficient (Wildman–Crippen LogP) is 3.06. The van der Waals surface area contributed by atoms with Crippen molar-refractivity contribution in [3.63, 3.8) is 0 Å². The molecule has 0 bridgehead atoms. The van der Waals surface area contributed by atoms with Crippen LogP contribution in [0, 0.1) is 0 Å². The number of rotatable bonds is 1. The van der Waals surface area contributed by atoms with E-state index in [0.717, 1.165) is 11.3 Å². The highest BCUT2D eigenvalue weighted by atomic mass is 16.5. The molecule has 0 fully saturated rings. The fraction of sp³-hybridized carbons (Fsp3) is 0. The van der Waals surface area contributed by atoms with Gasteiger partial charge in [-0.1, -0.05) is 42.5 Å². The topological polar surface area (TPSA) is 38.3 Å². The second-order valence-corrected chi connectivity index (χ2v) is 3.98. The van der Waals surface area contributed by atoms with Crippen molar-refractivity contribution in [2.24, 2.45) is 0 Å². The van der Waals surface area contributed by atoms with Crippen LogP contribution in [0.25, 0.3) is 6.08 Å². The van der Waals surface area contributed by atoms with E-state index in [2.05, 4.69) is 5.32 Å². The number of hydrogen-bond donors (Lipinski definition) is 1. The van der Waals surface area contributed by atoms with E-state index in [1.165, 1.54) is 0 Å². The summed E-state index contributed by atoms with van der Waals surface area (Å²) in [5.74, 6) is 0.199. The molecule has 1 aliphatic heterocycles. The largest absolute Gasteiger partial charge is 0.420 e. The molecular weight excluding hydrogens is 226 g/mol. The molecule has 0 radical (unpaired) electrons. The van der Waals surface area contributed by atoms with Crippen LogP contribution < -0.4 is 10.1 Å². The van der Waals surface area contributed by atoms with Crippen molar-refractivity contribution in [1.82, 2.24) is 0 Å². The second kappa shape index (κ2) is 4.37. The Morgan fingerprint density at radius 1 is 0.944 bits per heavy atom. The first-order chi connectivity index (χ1) is 8.83. The average Bonchev–Trinajstić information content (AvgIpc) is 2.41. The number of esters is 1. The molecule has 0 amide bonds. The molecule has 0 saturated heterocycles. The molecule has 0 spiro atoms. The number of ether oxygens (including phenoxy) is 1. The van der Waals surface area contributed by atoms with Gasteiger partial charge in [0.25, 0.3) is 0 Å². The summed E-state index contributed by atoms with van der Waals surface area (Å²) in [4.78, 5) is 11.8. The summed E-state index contributed by atoms with van der Waals surface area (Å²) in [6, 6.07) is 17.0. The minimum atomic E-state index is -0.363. The molecule has 0 saturated carbocycles. The van der Waals surface area contributed by atoms with Gasteiger partial charge in [0.05, 0.1) is 5.69 Å². The Balaban J connectivity index is 1.96. The Morgan fingerprint density at radius 3 is 2.50 bits per heavy atom. The molecule has 1 heterocycles. The minimum Gasteiger partial charge on any atom is -0.420 e. The molecule has 1 aliphatic rings. The van der Waals surface area contributed by atoms with Crippen LogP contribution >= 0.6 is 0 Å². The van der Waals surface area contributed by atoms with Crippen LogP contribution in [-0.2, 0) is 4.79 Å². The van der Waals surface area contributed by atoms with Crippen molar-refractivity contribution in [2.75, 3.05) is 5.32 Å². The quantitative estimate of drug-likeness (QED) is 0.470. The van der Waals surface area contributed by atoms with Crippen LogP contribution in [0.15, 0.2) is 60.3 Å². The summed E-state index contributed by atoms with van der Waals surface area (Å²) in [5.41, 5.74) is 2.20. The van der Waals surface area contributed by atoms with Crippen LogP contribution in [0.2, 0.25) is 0 Å². The van der Waals surface area contributed by atoms with E-state index in [9.17, 15) is 4.79 Å².